The van der Waals surface area contributed by atoms with Crippen molar-refractivity contribution in [1.82, 2.24) is 5.32 Å². The van der Waals surface area contributed by atoms with Crippen LogP contribution in [-0.4, -0.2) is 28.6 Å². The van der Waals surface area contributed by atoms with Crippen LogP contribution in [0.4, 0.5) is 0 Å². The lowest BCUT2D eigenvalue weighted by Crippen LogP contribution is -2.80. The highest BCUT2D eigenvalue weighted by Gasteiger charge is 2.52. The summed E-state index contributed by atoms with van der Waals surface area (Å²) in [4.78, 5) is 22.6. The topological polar surface area (TPSA) is 97.9 Å². The van der Waals surface area contributed by atoms with Crippen LogP contribution in [-0.2, 0) is 16.1 Å². The molecule has 1 aromatic heterocycles. The Labute approximate surface area is 98.1 Å². The van der Waals surface area contributed by atoms with Gasteiger partial charge in [0, 0.05) is 18.6 Å². The second kappa shape index (κ2) is 4.14. The van der Waals surface area contributed by atoms with E-state index in [-0.39, 0.29) is 12.3 Å². The molecule has 0 aromatic carbocycles. The van der Waals surface area contributed by atoms with Crippen LogP contribution in [0.3, 0.4) is 0 Å². The highest BCUT2D eigenvalue weighted by molar-refractivity contribution is 5.92. The van der Waals surface area contributed by atoms with Gasteiger partial charge in [0.2, 0.25) is 12.1 Å². The number of aliphatic carboxylic acids is 1. The summed E-state index contributed by atoms with van der Waals surface area (Å²) in [6, 6.07) is 4.75. The molecule has 1 saturated heterocycles. The highest BCUT2D eigenvalue weighted by atomic mass is 16.4. The van der Waals surface area contributed by atoms with Gasteiger partial charge in [0.15, 0.2) is 12.4 Å². The van der Waals surface area contributed by atoms with E-state index >= 15 is 0 Å². The Morgan fingerprint density at radius 3 is 2.71 bits per heavy atom. The molecule has 17 heavy (non-hydrogen) atoms. The van der Waals surface area contributed by atoms with Crippen LogP contribution in [0.15, 0.2) is 30.6 Å². The van der Waals surface area contributed by atoms with E-state index in [0.717, 1.165) is 0 Å². The van der Waals surface area contributed by atoms with Crippen LogP contribution < -0.4 is 15.6 Å². The molecular formula is C11H15N3O3+2. The molecule has 0 bridgehead atoms. The van der Waals surface area contributed by atoms with Gasteiger partial charge in [0.25, 0.3) is 5.91 Å². The van der Waals surface area contributed by atoms with E-state index in [1.54, 1.807) is 0 Å². The third kappa shape index (κ3) is 2.26. The fourth-order valence-corrected chi connectivity index (χ4v) is 2.02. The molecule has 1 aromatic rings. The van der Waals surface area contributed by atoms with Gasteiger partial charge in [-0.25, -0.2) is 4.79 Å². The number of pyridine rings is 1. The van der Waals surface area contributed by atoms with Crippen molar-refractivity contribution < 1.29 is 25.0 Å². The van der Waals surface area contributed by atoms with Gasteiger partial charge in [-0.15, -0.1) is 0 Å². The standard InChI is InChI=1S/C11H13N3O3/c12-11(7-14-4-2-1-3-5-14)6-8(9(15)16)13-10(11)17/h1-5,8H,6-7,12H2,(H-,13,15,16,17)/p+2/t8-,11-/m1/s1. The highest BCUT2D eigenvalue weighted by Crippen LogP contribution is 2.16. The summed E-state index contributed by atoms with van der Waals surface area (Å²) in [6.45, 7) is 0.378. The number of carboxylic acid groups (broad SMARTS) is 1. The molecule has 6 heteroatoms. The molecule has 1 aliphatic rings. The quantitative estimate of drug-likeness (QED) is 0.527. The van der Waals surface area contributed by atoms with Crippen LogP contribution in [0.5, 0.6) is 0 Å². The average molecular weight is 237 g/mol. The molecule has 0 saturated carbocycles. The molecule has 1 fully saturated rings. The molecule has 2 rings (SSSR count). The Morgan fingerprint density at radius 1 is 1.53 bits per heavy atom. The lowest BCUT2D eigenvalue weighted by Gasteiger charge is -2.12. The SMILES string of the molecule is [NH3+][C@@]1(C[n+]2ccccc2)C[C@H](C(=O)O)NC1=O. The zero-order valence-electron chi connectivity index (χ0n) is 9.30. The molecule has 5 N–H and O–H groups in total. The maximum absolute atomic E-state index is 11.8. The Hall–Kier alpha value is -1.95. The zero-order chi connectivity index (χ0) is 12.5. The number of carbonyl (C=O) groups excluding carboxylic acids is 1. The van der Waals surface area contributed by atoms with E-state index in [2.05, 4.69) is 11.1 Å². The number of rotatable bonds is 3. The molecule has 90 valence electrons. The fraction of sp³-hybridized carbons (Fsp3) is 0.364. The van der Waals surface area contributed by atoms with Gasteiger partial charge in [-0.3, -0.25) is 4.79 Å². The summed E-state index contributed by atoms with van der Waals surface area (Å²) in [5, 5.41) is 11.3. The number of carbonyl (C=O) groups is 2. The summed E-state index contributed by atoms with van der Waals surface area (Å²) in [6.07, 6.45) is 3.87. The third-order valence-electron chi connectivity index (χ3n) is 2.94. The molecular weight excluding hydrogens is 222 g/mol. The summed E-state index contributed by atoms with van der Waals surface area (Å²) in [7, 11) is 0. The number of quaternary nitrogens is 1. The van der Waals surface area contributed by atoms with Crippen molar-refractivity contribution in [3.63, 3.8) is 0 Å². The van der Waals surface area contributed by atoms with Crippen molar-refractivity contribution in [3.8, 4) is 0 Å². The Morgan fingerprint density at radius 2 is 2.18 bits per heavy atom. The number of amides is 1. The summed E-state index contributed by atoms with van der Waals surface area (Å²) in [5.74, 6) is -1.32. The number of nitrogens with one attached hydrogen (secondary N) is 1. The zero-order valence-corrected chi connectivity index (χ0v) is 9.30. The van der Waals surface area contributed by atoms with Gasteiger partial charge >= 0.3 is 5.97 Å². The van der Waals surface area contributed by atoms with Crippen molar-refractivity contribution in [2.75, 3.05) is 0 Å². The largest absolute Gasteiger partial charge is 0.480 e. The predicted molar refractivity (Wildman–Crippen MR) is 56.4 cm³/mol. The Bertz CT molecular complexity index is 449. The number of hydrogen-bond donors (Lipinski definition) is 3. The minimum Gasteiger partial charge on any atom is -0.480 e. The van der Waals surface area contributed by atoms with Gasteiger partial charge < -0.3 is 16.2 Å². The van der Waals surface area contributed by atoms with Gasteiger partial charge in [-0.2, -0.15) is 4.57 Å². The molecule has 1 aliphatic heterocycles. The van der Waals surface area contributed by atoms with Crippen molar-refractivity contribution >= 4 is 11.9 Å². The van der Waals surface area contributed by atoms with E-state index in [1.807, 2.05) is 35.2 Å². The first-order valence-corrected chi connectivity index (χ1v) is 5.34. The minimum atomic E-state index is -1.01. The molecule has 0 spiro atoms. The second-order valence-electron chi connectivity index (χ2n) is 4.40. The molecule has 0 aliphatic carbocycles. The maximum Gasteiger partial charge on any atom is 0.326 e. The molecule has 2 atom stereocenters. The van der Waals surface area contributed by atoms with Gasteiger partial charge in [-0.05, 0) is 0 Å². The van der Waals surface area contributed by atoms with Crippen molar-refractivity contribution in [2.24, 2.45) is 0 Å². The van der Waals surface area contributed by atoms with Crippen LogP contribution in [0, 0.1) is 0 Å². The molecule has 2 heterocycles. The van der Waals surface area contributed by atoms with Gasteiger partial charge in [0.1, 0.15) is 6.04 Å². The van der Waals surface area contributed by atoms with Crippen LogP contribution in [0.2, 0.25) is 0 Å². The van der Waals surface area contributed by atoms with E-state index < -0.39 is 17.6 Å². The molecule has 0 radical (unpaired) electrons. The summed E-state index contributed by atoms with van der Waals surface area (Å²) in [5.41, 5.74) is 2.97. The normalized spacial score (nSPS) is 27.8. The van der Waals surface area contributed by atoms with Crippen LogP contribution in [0.1, 0.15) is 6.42 Å². The lowest BCUT2D eigenvalue weighted by molar-refractivity contribution is -0.730. The second-order valence-corrected chi connectivity index (χ2v) is 4.40. The summed E-state index contributed by atoms with van der Waals surface area (Å²) >= 11 is 0. The monoisotopic (exact) mass is 237 g/mol. The number of nitrogens with zero attached hydrogens (tertiary/aromatic N) is 1. The van der Waals surface area contributed by atoms with Crippen molar-refractivity contribution in [2.45, 2.75) is 24.5 Å². The molecule has 6 nitrogen and oxygen atoms in total. The average Bonchev–Trinajstić information content (AvgIpc) is 2.57. The van der Waals surface area contributed by atoms with Crippen LogP contribution in [0.25, 0.3) is 0 Å². The predicted octanol–water partition coefficient (Wildman–Crippen LogP) is -2.07. The minimum absolute atomic E-state index is 0.211. The van der Waals surface area contributed by atoms with E-state index in [4.69, 9.17) is 5.11 Å². The fourth-order valence-electron chi connectivity index (χ4n) is 2.02. The van der Waals surface area contributed by atoms with E-state index in [9.17, 15) is 9.59 Å². The Kier molecular flexibility index (Phi) is 2.81. The van der Waals surface area contributed by atoms with Crippen molar-refractivity contribution in [1.29, 1.82) is 0 Å². The van der Waals surface area contributed by atoms with Crippen LogP contribution >= 0.6 is 0 Å². The first kappa shape index (κ1) is 11.5. The number of carboxylic acids is 1. The summed E-state index contributed by atoms with van der Waals surface area (Å²) < 4.78 is 1.83. The van der Waals surface area contributed by atoms with Crippen molar-refractivity contribution in [3.05, 3.63) is 30.6 Å². The van der Waals surface area contributed by atoms with E-state index in [0.29, 0.717) is 6.54 Å². The number of aromatic nitrogens is 1. The smallest absolute Gasteiger partial charge is 0.326 e. The molecule has 1 amide bonds. The number of hydrogen-bond acceptors (Lipinski definition) is 2. The van der Waals surface area contributed by atoms with Gasteiger partial charge in [0.05, 0.1) is 0 Å². The first-order valence-electron chi connectivity index (χ1n) is 5.34. The Balaban J connectivity index is 2.15. The van der Waals surface area contributed by atoms with Gasteiger partial charge in [-0.1, -0.05) is 6.07 Å². The van der Waals surface area contributed by atoms with E-state index in [1.165, 1.54) is 0 Å². The molecule has 0 unspecified atom stereocenters. The first-order chi connectivity index (χ1) is 8.01. The lowest BCUT2D eigenvalue weighted by atomic mass is 9.96. The third-order valence-corrected chi connectivity index (χ3v) is 2.94. The maximum atomic E-state index is 11.8.